The SMILES string of the molecule is CNC(=O)c1cc2cc(OC)ccc2c(Cl)c1NC(=O)c1cc(C(F)(F)F)nn1-c1ncccc1Cl. The molecule has 0 aliphatic rings. The molecule has 2 aromatic heterocycles. The second kappa shape index (κ2) is 9.67. The summed E-state index contributed by atoms with van der Waals surface area (Å²) in [5.74, 6) is -1.30. The molecule has 0 spiro atoms. The zero-order chi connectivity index (χ0) is 26.2. The quantitative estimate of drug-likeness (QED) is 0.356. The second-order valence-electron chi connectivity index (χ2n) is 7.37. The van der Waals surface area contributed by atoms with Gasteiger partial charge in [0.1, 0.15) is 11.4 Å². The number of benzene rings is 2. The van der Waals surface area contributed by atoms with E-state index in [4.69, 9.17) is 27.9 Å². The highest BCUT2D eigenvalue weighted by molar-refractivity contribution is 6.40. The van der Waals surface area contributed by atoms with Gasteiger partial charge in [-0.1, -0.05) is 23.2 Å². The summed E-state index contributed by atoms with van der Waals surface area (Å²) in [5, 5.41) is 9.39. The number of nitrogens with zero attached hydrogens (tertiary/aromatic N) is 3. The summed E-state index contributed by atoms with van der Waals surface area (Å²) in [5.41, 5.74) is -1.99. The van der Waals surface area contributed by atoms with E-state index in [0.717, 1.165) is 0 Å². The van der Waals surface area contributed by atoms with Crippen LogP contribution in [0.25, 0.3) is 16.6 Å². The standard InChI is InChI=1S/C23H16Cl2F3N5O3/c1-29-21(34)14-9-11-8-12(36-2)5-6-13(11)18(25)19(14)31-22(35)16-10-17(23(26,27)28)32-33(16)20-15(24)4-3-7-30-20/h3-10H,1-2H3,(H,29,34)(H,31,35). The third kappa shape index (κ3) is 4.67. The first kappa shape index (κ1) is 25.3. The molecule has 0 saturated heterocycles. The van der Waals surface area contributed by atoms with Crippen molar-refractivity contribution >= 4 is 51.5 Å². The van der Waals surface area contributed by atoms with Gasteiger partial charge in [-0.3, -0.25) is 9.59 Å². The molecule has 2 N–H and O–H groups in total. The fourth-order valence-corrected chi connectivity index (χ4v) is 3.98. The van der Waals surface area contributed by atoms with Crippen molar-refractivity contribution in [2.24, 2.45) is 0 Å². The Kier molecular flexibility index (Phi) is 6.79. The van der Waals surface area contributed by atoms with Gasteiger partial charge < -0.3 is 15.4 Å². The number of methoxy groups -OCH3 is 1. The highest BCUT2D eigenvalue weighted by Crippen LogP contribution is 2.37. The van der Waals surface area contributed by atoms with Crippen LogP contribution >= 0.6 is 23.2 Å². The van der Waals surface area contributed by atoms with E-state index in [9.17, 15) is 22.8 Å². The molecular weight excluding hydrogens is 522 g/mol. The summed E-state index contributed by atoms with van der Waals surface area (Å²) in [7, 11) is 2.86. The topological polar surface area (TPSA) is 98.1 Å². The summed E-state index contributed by atoms with van der Waals surface area (Å²) < 4.78 is 46.3. The zero-order valence-corrected chi connectivity index (χ0v) is 20.1. The Hall–Kier alpha value is -3.83. The molecule has 2 aromatic carbocycles. The van der Waals surface area contributed by atoms with Crippen LogP contribution in [0, 0.1) is 0 Å². The van der Waals surface area contributed by atoms with Gasteiger partial charge in [0.2, 0.25) is 0 Å². The van der Waals surface area contributed by atoms with Crippen LogP contribution in [0.1, 0.15) is 26.5 Å². The van der Waals surface area contributed by atoms with Crippen molar-refractivity contribution in [3.63, 3.8) is 0 Å². The molecule has 0 bridgehead atoms. The van der Waals surface area contributed by atoms with E-state index >= 15 is 0 Å². The van der Waals surface area contributed by atoms with Crippen LogP contribution in [0.5, 0.6) is 5.75 Å². The van der Waals surface area contributed by atoms with Crippen LogP contribution < -0.4 is 15.4 Å². The average Bonchev–Trinajstić information content (AvgIpc) is 3.31. The number of carbonyl (C=O) groups excluding carboxylic acids is 2. The molecule has 0 fully saturated rings. The van der Waals surface area contributed by atoms with Crippen LogP contribution in [-0.4, -0.2) is 40.7 Å². The van der Waals surface area contributed by atoms with Crippen molar-refractivity contribution in [2.75, 3.05) is 19.5 Å². The maximum absolute atomic E-state index is 13.5. The molecule has 0 unspecified atom stereocenters. The van der Waals surface area contributed by atoms with Crippen LogP contribution in [0.2, 0.25) is 10.0 Å². The summed E-state index contributed by atoms with van der Waals surface area (Å²) in [4.78, 5) is 29.9. The van der Waals surface area contributed by atoms with E-state index in [1.165, 1.54) is 38.6 Å². The Morgan fingerprint density at radius 1 is 1.08 bits per heavy atom. The fourth-order valence-electron chi connectivity index (χ4n) is 3.46. The second-order valence-corrected chi connectivity index (χ2v) is 8.15. The van der Waals surface area contributed by atoms with Crippen LogP contribution in [0.4, 0.5) is 18.9 Å². The number of anilines is 1. The molecule has 4 rings (SSSR count). The molecule has 0 atom stereocenters. The highest BCUT2D eigenvalue weighted by Gasteiger charge is 2.37. The Morgan fingerprint density at radius 3 is 2.47 bits per heavy atom. The molecule has 2 heterocycles. The number of ether oxygens (including phenoxy) is 1. The van der Waals surface area contributed by atoms with Crippen molar-refractivity contribution in [2.45, 2.75) is 6.18 Å². The molecule has 0 saturated carbocycles. The summed E-state index contributed by atoms with van der Waals surface area (Å²) in [6.45, 7) is 0. The van der Waals surface area contributed by atoms with Crippen molar-refractivity contribution in [3.8, 4) is 11.6 Å². The first-order valence-electron chi connectivity index (χ1n) is 10.2. The van der Waals surface area contributed by atoms with E-state index in [1.54, 1.807) is 18.2 Å². The van der Waals surface area contributed by atoms with Crippen molar-refractivity contribution in [1.82, 2.24) is 20.1 Å². The van der Waals surface area contributed by atoms with Crippen molar-refractivity contribution in [3.05, 3.63) is 75.7 Å². The molecule has 0 radical (unpaired) electrons. The lowest BCUT2D eigenvalue weighted by Crippen LogP contribution is -2.23. The Bertz CT molecular complexity index is 1500. The lowest BCUT2D eigenvalue weighted by molar-refractivity contribution is -0.141. The van der Waals surface area contributed by atoms with Gasteiger partial charge in [0.15, 0.2) is 11.5 Å². The molecule has 186 valence electrons. The van der Waals surface area contributed by atoms with Crippen LogP contribution in [-0.2, 0) is 6.18 Å². The molecular formula is C23H16Cl2F3N5O3. The maximum Gasteiger partial charge on any atom is 0.435 e. The Balaban J connectivity index is 1.87. The Labute approximate surface area is 212 Å². The number of rotatable bonds is 5. The van der Waals surface area contributed by atoms with Gasteiger partial charge in [-0.2, -0.15) is 18.3 Å². The number of alkyl halides is 3. The Morgan fingerprint density at radius 2 is 1.83 bits per heavy atom. The molecule has 36 heavy (non-hydrogen) atoms. The van der Waals surface area contributed by atoms with Gasteiger partial charge in [0.25, 0.3) is 11.8 Å². The lowest BCUT2D eigenvalue weighted by Gasteiger charge is -2.16. The number of halogens is 5. The maximum atomic E-state index is 13.5. The predicted octanol–water partition coefficient (Wildman–Crippen LogP) is 5.37. The lowest BCUT2D eigenvalue weighted by atomic mass is 10.0. The normalized spacial score (nSPS) is 11.4. The number of amides is 2. The molecule has 0 aliphatic heterocycles. The van der Waals surface area contributed by atoms with E-state index in [1.807, 2.05) is 0 Å². The van der Waals surface area contributed by atoms with Gasteiger partial charge in [-0.25, -0.2) is 9.67 Å². The first-order valence-corrected chi connectivity index (χ1v) is 10.9. The molecule has 8 nitrogen and oxygen atoms in total. The number of nitrogens with one attached hydrogen (secondary N) is 2. The minimum atomic E-state index is -4.85. The van der Waals surface area contributed by atoms with Gasteiger partial charge in [0.05, 0.1) is 28.4 Å². The minimum Gasteiger partial charge on any atom is -0.497 e. The number of carbonyl (C=O) groups is 2. The molecule has 4 aromatic rings. The molecule has 2 amide bonds. The summed E-state index contributed by atoms with van der Waals surface area (Å²) >= 11 is 12.7. The van der Waals surface area contributed by atoms with Crippen molar-refractivity contribution in [1.29, 1.82) is 0 Å². The average molecular weight is 538 g/mol. The van der Waals surface area contributed by atoms with Crippen LogP contribution in [0.3, 0.4) is 0 Å². The highest BCUT2D eigenvalue weighted by atomic mass is 35.5. The van der Waals surface area contributed by atoms with Gasteiger partial charge >= 0.3 is 6.18 Å². The van der Waals surface area contributed by atoms with E-state index in [-0.39, 0.29) is 27.1 Å². The van der Waals surface area contributed by atoms with E-state index < -0.39 is 29.4 Å². The third-order valence-electron chi connectivity index (χ3n) is 5.17. The molecule has 0 aliphatic carbocycles. The monoisotopic (exact) mass is 537 g/mol. The third-order valence-corrected chi connectivity index (χ3v) is 5.85. The predicted molar refractivity (Wildman–Crippen MR) is 128 cm³/mol. The number of hydrogen-bond acceptors (Lipinski definition) is 5. The number of aromatic nitrogens is 3. The fraction of sp³-hybridized carbons (Fsp3) is 0.130. The largest absolute Gasteiger partial charge is 0.497 e. The van der Waals surface area contributed by atoms with E-state index in [2.05, 4.69) is 20.7 Å². The summed E-state index contributed by atoms with van der Waals surface area (Å²) in [6.07, 6.45) is -3.57. The van der Waals surface area contributed by atoms with Gasteiger partial charge in [-0.05, 0) is 41.8 Å². The minimum absolute atomic E-state index is 0.0000757. The molecule has 13 heteroatoms. The van der Waals surface area contributed by atoms with E-state index in [0.29, 0.717) is 27.3 Å². The number of fused-ring (bicyclic) bond motifs is 1. The zero-order valence-electron chi connectivity index (χ0n) is 18.6. The van der Waals surface area contributed by atoms with Crippen molar-refractivity contribution < 1.29 is 27.5 Å². The van der Waals surface area contributed by atoms with Crippen LogP contribution in [0.15, 0.2) is 48.7 Å². The van der Waals surface area contributed by atoms with Gasteiger partial charge in [-0.15, -0.1) is 0 Å². The smallest absolute Gasteiger partial charge is 0.435 e. The first-order chi connectivity index (χ1) is 17.0. The number of hydrogen-bond donors (Lipinski definition) is 2. The summed E-state index contributed by atoms with van der Waals surface area (Å²) in [6, 6.07) is 9.80. The van der Waals surface area contributed by atoms with Gasteiger partial charge in [0, 0.05) is 24.7 Å². The number of pyridine rings is 1.